The van der Waals surface area contributed by atoms with Crippen molar-refractivity contribution in [2.24, 2.45) is 0 Å². The highest BCUT2D eigenvalue weighted by Gasteiger charge is 2.34. The largest absolute Gasteiger partial charge is 0.298 e. The average molecular weight is 272 g/mol. The number of piperazine rings is 1. The molecule has 20 heavy (non-hydrogen) atoms. The summed E-state index contributed by atoms with van der Waals surface area (Å²) in [6.45, 7) is 8.28. The number of carbonyl (C=O) groups excluding carboxylic acids is 1. The van der Waals surface area contributed by atoms with Gasteiger partial charge in [-0.25, -0.2) is 0 Å². The van der Waals surface area contributed by atoms with Crippen molar-refractivity contribution in [2.75, 3.05) is 26.2 Å². The third-order valence-corrected chi connectivity index (χ3v) is 4.79. The van der Waals surface area contributed by atoms with Gasteiger partial charge in [0.15, 0.2) is 5.78 Å². The predicted molar refractivity (Wildman–Crippen MR) is 81.1 cm³/mol. The molecule has 1 aromatic rings. The third-order valence-electron chi connectivity index (χ3n) is 4.79. The van der Waals surface area contributed by atoms with Crippen molar-refractivity contribution in [3.05, 3.63) is 35.4 Å². The average Bonchev–Trinajstić information content (AvgIpc) is 2.87. The maximum atomic E-state index is 12.4. The second kappa shape index (κ2) is 5.66. The summed E-state index contributed by atoms with van der Waals surface area (Å²) in [6.07, 6.45) is 2.61. The molecule has 2 unspecified atom stereocenters. The Labute approximate surface area is 121 Å². The predicted octanol–water partition coefficient (Wildman–Crippen LogP) is 2.35. The van der Waals surface area contributed by atoms with Crippen LogP contribution in [0.15, 0.2) is 24.3 Å². The molecule has 108 valence electrons. The summed E-state index contributed by atoms with van der Waals surface area (Å²) < 4.78 is 0. The molecular weight excluding hydrogens is 248 g/mol. The van der Waals surface area contributed by atoms with Crippen LogP contribution in [0.2, 0.25) is 0 Å². The number of benzene rings is 1. The highest BCUT2D eigenvalue weighted by atomic mass is 16.1. The number of rotatable bonds is 3. The molecule has 0 saturated carbocycles. The summed E-state index contributed by atoms with van der Waals surface area (Å²) in [7, 11) is 0. The summed E-state index contributed by atoms with van der Waals surface area (Å²) in [4.78, 5) is 17.4. The summed E-state index contributed by atoms with van der Waals surface area (Å²) in [5.74, 6) is 0.253. The quantitative estimate of drug-likeness (QED) is 0.789. The van der Waals surface area contributed by atoms with E-state index < -0.39 is 0 Å². The number of fused-ring (bicyclic) bond motifs is 1. The van der Waals surface area contributed by atoms with Crippen LogP contribution in [0, 0.1) is 6.92 Å². The van der Waals surface area contributed by atoms with Gasteiger partial charge in [-0.05, 0) is 33.2 Å². The normalized spacial score (nSPS) is 27.5. The van der Waals surface area contributed by atoms with Gasteiger partial charge < -0.3 is 0 Å². The minimum absolute atomic E-state index is 0.253. The summed E-state index contributed by atoms with van der Waals surface area (Å²) in [6, 6.07) is 9.11. The molecule has 2 saturated heterocycles. The van der Waals surface area contributed by atoms with E-state index >= 15 is 0 Å². The van der Waals surface area contributed by atoms with Gasteiger partial charge in [0.2, 0.25) is 0 Å². The van der Waals surface area contributed by atoms with Gasteiger partial charge in [0.25, 0.3) is 0 Å². The topological polar surface area (TPSA) is 23.6 Å². The highest BCUT2D eigenvalue weighted by molar-refractivity contribution is 5.97. The van der Waals surface area contributed by atoms with Gasteiger partial charge in [0, 0.05) is 30.7 Å². The van der Waals surface area contributed by atoms with Crippen molar-refractivity contribution in [1.82, 2.24) is 9.80 Å². The minimum atomic E-state index is 0.253. The smallest absolute Gasteiger partial charge is 0.176 e. The highest BCUT2D eigenvalue weighted by Crippen LogP contribution is 2.24. The van der Waals surface area contributed by atoms with E-state index in [1.54, 1.807) is 0 Å². The zero-order chi connectivity index (χ0) is 14.1. The van der Waals surface area contributed by atoms with E-state index in [0.29, 0.717) is 18.6 Å². The molecule has 3 rings (SSSR count). The molecule has 0 bridgehead atoms. The van der Waals surface area contributed by atoms with Crippen LogP contribution in [-0.4, -0.2) is 53.8 Å². The van der Waals surface area contributed by atoms with Crippen molar-refractivity contribution in [1.29, 1.82) is 0 Å². The van der Waals surface area contributed by atoms with E-state index in [4.69, 9.17) is 0 Å². The molecule has 0 amide bonds. The zero-order valence-electron chi connectivity index (χ0n) is 12.5. The molecule has 3 heteroatoms. The first kappa shape index (κ1) is 13.8. The lowest BCUT2D eigenvalue weighted by Crippen LogP contribution is -2.55. The fourth-order valence-corrected chi connectivity index (χ4v) is 3.48. The lowest BCUT2D eigenvalue weighted by atomic mass is 10.0. The SMILES string of the molecule is Cc1ccc(C(=O)CN2CC3CCCN3CC2C)cc1. The molecule has 2 aliphatic heterocycles. The summed E-state index contributed by atoms with van der Waals surface area (Å²) in [5, 5.41) is 0. The number of carbonyl (C=O) groups is 1. The number of hydrogen-bond acceptors (Lipinski definition) is 3. The van der Waals surface area contributed by atoms with Gasteiger partial charge in [-0.3, -0.25) is 14.6 Å². The molecule has 0 N–H and O–H groups in total. The molecule has 1 aromatic carbocycles. The lowest BCUT2D eigenvalue weighted by Gasteiger charge is -2.42. The van der Waals surface area contributed by atoms with E-state index in [9.17, 15) is 4.79 Å². The molecule has 0 aromatic heterocycles. The maximum absolute atomic E-state index is 12.4. The second-order valence-corrected chi connectivity index (χ2v) is 6.36. The Bertz CT molecular complexity index is 482. The van der Waals surface area contributed by atoms with Crippen molar-refractivity contribution < 1.29 is 4.79 Å². The summed E-state index contributed by atoms with van der Waals surface area (Å²) in [5.41, 5.74) is 2.05. The number of nitrogens with zero attached hydrogens (tertiary/aromatic N) is 2. The Morgan fingerprint density at radius 1 is 1.25 bits per heavy atom. The van der Waals surface area contributed by atoms with E-state index in [-0.39, 0.29) is 5.78 Å². The van der Waals surface area contributed by atoms with Gasteiger partial charge >= 0.3 is 0 Å². The Balaban J connectivity index is 1.64. The Hall–Kier alpha value is -1.19. The lowest BCUT2D eigenvalue weighted by molar-refractivity contribution is 0.0535. The van der Waals surface area contributed by atoms with Crippen LogP contribution >= 0.6 is 0 Å². The molecule has 2 aliphatic rings. The van der Waals surface area contributed by atoms with Gasteiger partial charge in [0.05, 0.1) is 6.54 Å². The number of Topliss-reactive ketones (excluding diaryl/α,β-unsaturated/α-hetero) is 1. The van der Waals surface area contributed by atoms with E-state index in [1.165, 1.54) is 24.9 Å². The van der Waals surface area contributed by atoms with Crippen LogP contribution in [-0.2, 0) is 0 Å². The number of ketones is 1. The van der Waals surface area contributed by atoms with Crippen LogP contribution in [0.1, 0.15) is 35.7 Å². The Morgan fingerprint density at radius 2 is 2.00 bits per heavy atom. The molecule has 2 fully saturated rings. The first-order valence-electron chi connectivity index (χ1n) is 7.71. The Morgan fingerprint density at radius 3 is 2.75 bits per heavy atom. The molecular formula is C17H24N2O. The van der Waals surface area contributed by atoms with Crippen LogP contribution in [0.5, 0.6) is 0 Å². The first-order chi connectivity index (χ1) is 9.63. The molecule has 2 atom stereocenters. The maximum Gasteiger partial charge on any atom is 0.176 e. The van der Waals surface area contributed by atoms with E-state index in [2.05, 4.69) is 23.6 Å². The molecule has 0 aliphatic carbocycles. The first-order valence-corrected chi connectivity index (χ1v) is 7.71. The zero-order valence-corrected chi connectivity index (χ0v) is 12.5. The van der Waals surface area contributed by atoms with E-state index in [0.717, 1.165) is 18.7 Å². The minimum Gasteiger partial charge on any atom is -0.298 e. The fourth-order valence-electron chi connectivity index (χ4n) is 3.48. The van der Waals surface area contributed by atoms with Crippen molar-refractivity contribution in [3.8, 4) is 0 Å². The summed E-state index contributed by atoms with van der Waals surface area (Å²) >= 11 is 0. The van der Waals surface area contributed by atoms with Gasteiger partial charge in [-0.1, -0.05) is 29.8 Å². The standard InChI is InChI=1S/C17H24N2O/c1-13-5-7-15(8-6-13)17(20)12-19-11-16-4-3-9-18(16)10-14(19)2/h5-8,14,16H,3-4,9-12H2,1-2H3. The van der Waals surface area contributed by atoms with Gasteiger partial charge in [0.1, 0.15) is 0 Å². The third kappa shape index (κ3) is 2.79. The molecule has 0 spiro atoms. The van der Waals surface area contributed by atoms with Gasteiger partial charge in [-0.15, -0.1) is 0 Å². The molecule has 0 radical (unpaired) electrons. The second-order valence-electron chi connectivity index (χ2n) is 6.36. The molecule has 3 nitrogen and oxygen atoms in total. The number of aryl methyl sites for hydroxylation is 1. The van der Waals surface area contributed by atoms with Crippen LogP contribution in [0.3, 0.4) is 0 Å². The van der Waals surface area contributed by atoms with Crippen molar-refractivity contribution >= 4 is 5.78 Å². The van der Waals surface area contributed by atoms with Crippen molar-refractivity contribution in [2.45, 2.75) is 38.8 Å². The number of hydrogen-bond donors (Lipinski definition) is 0. The van der Waals surface area contributed by atoms with Crippen LogP contribution in [0.4, 0.5) is 0 Å². The van der Waals surface area contributed by atoms with E-state index in [1.807, 2.05) is 24.3 Å². The van der Waals surface area contributed by atoms with Crippen LogP contribution in [0.25, 0.3) is 0 Å². The van der Waals surface area contributed by atoms with Crippen LogP contribution < -0.4 is 0 Å². The van der Waals surface area contributed by atoms with Crippen molar-refractivity contribution in [3.63, 3.8) is 0 Å². The fraction of sp³-hybridized carbons (Fsp3) is 0.588. The van der Waals surface area contributed by atoms with Gasteiger partial charge in [-0.2, -0.15) is 0 Å². The molecule has 2 heterocycles. The Kier molecular flexibility index (Phi) is 3.90. The monoisotopic (exact) mass is 272 g/mol.